The topological polar surface area (TPSA) is 78.0 Å². The van der Waals surface area contributed by atoms with Crippen molar-refractivity contribution in [2.24, 2.45) is 11.7 Å². The fraction of sp³-hybridized carbons (Fsp3) is 0.259. The molecule has 1 aliphatic heterocycles. The van der Waals surface area contributed by atoms with Gasteiger partial charge in [0.25, 0.3) is 0 Å². The molecule has 0 amide bonds. The number of nitrogens with zero attached hydrogens (tertiary/aromatic N) is 2. The Morgan fingerprint density at radius 1 is 1.00 bits per heavy atom. The van der Waals surface area contributed by atoms with Gasteiger partial charge in [0.1, 0.15) is 0 Å². The van der Waals surface area contributed by atoms with Gasteiger partial charge in [-0.3, -0.25) is 4.98 Å². The number of hydrogen-bond donors (Lipinski definition) is 3. The Hall–Kier alpha value is -3.81. The van der Waals surface area contributed by atoms with Crippen LogP contribution in [0.2, 0.25) is 0 Å². The van der Waals surface area contributed by atoms with Crippen LogP contribution in [0.15, 0.2) is 91.0 Å². The van der Waals surface area contributed by atoms with Crippen LogP contribution in [-0.2, 0) is 6.18 Å². The van der Waals surface area contributed by atoms with Crippen molar-refractivity contribution in [3.63, 3.8) is 0 Å². The molecule has 0 unspecified atom stereocenters. The molecule has 35 heavy (non-hydrogen) atoms. The van der Waals surface area contributed by atoms with Crippen LogP contribution in [0, 0.1) is 11.3 Å². The molecule has 0 bridgehead atoms. The minimum atomic E-state index is -4.42. The quantitative estimate of drug-likeness (QED) is 0.390. The minimum absolute atomic E-state index is 0.0164. The Morgan fingerprint density at radius 3 is 2.11 bits per heavy atom. The molecule has 8 heteroatoms. The molecule has 182 valence electrons. The molecule has 4 N–H and O–H groups in total. The number of aromatic nitrogens is 1. The molecule has 1 aliphatic rings. The van der Waals surface area contributed by atoms with Gasteiger partial charge in [0, 0.05) is 30.9 Å². The molecule has 1 saturated heterocycles. The summed E-state index contributed by atoms with van der Waals surface area (Å²) in [6.07, 6.45) is 0.834. The molecule has 0 saturated carbocycles. The minimum Gasteiger partial charge on any atom is -0.385 e. The van der Waals surface area contributed by atoms with Crippen LogP contribution in [0.3, 0.4) is 0 Å². The normalized spacial score (nSPS) is 15.3. The zero-order valence-electron chi connectivity index (χ0n) is 19.2. The maximum Gasteiger partial charge on any atom is 0.417 e. The van der Waals surface area contributed by atoms with Crippen LogP contribution in [0.25, 0.3) is 0 Å². The lowest BCUT2D eigenvalue weighted by Gasteiger charge is -2.33. The highest BCUT2D eigenvalue weighted by Crippen LogP contribution is 2.32. The second kappa shape index (κ2) is 10.6. The first-order valence-corrected chi connectivity index (χ1v) is 11.5. The van der Waals surface area contributed by atoms with Crippen LogP contribution < -0.4 is 16.0 Å². The summed E-state index contributed by atoms with van der Waals surface area (Å²) >= 11 is 0. The first-order chi connectivity index (χ1) is 16.8. The summed E-state index contributed by atoms with van der Waals surface area (Å²) in [5.74, 6) is 0.384. The Kier molecular flexibility index (Phi) is 7.39. The average molecular weight is 480 g/mol. The summed E-state index contributed by atoms with van der Waals surface area (Å²) < 4.78 is 39.1. The Morgan fingerprint density at radius 2 is 1.57 bits per heavy atom. The van der Waals surface area contributed by atoms with Gasteiger partial charge in [-0.05, 0) is 36.1 Å². The van der Waals surface area contributed by atoms with Gasteiger partial charge in [0.2, 0.25) is 0 Å². The second-order valence-corrected chi connectivity index (χ2v) is 8.64. The number of allylic oxidation sites excluding steroid dienone is 1. The van der Waals surface area contributed by atoms with Gasteiger partial charge in [-0.2, -0.15) is 13.2 Å². The lowest BCUT2D eigenvalue weighted by molar-refractivity contribution is -0.137. The van der Waals surface area contributed by atoms with E-state index in [0.717, 1.165) is 23.4 Å². The number of anilines is 1. The van der Waals surface area contributed by atoms with Crippen molar-refractivity contribution in [1.29, 1.82) is 5.41 Å². The lowest BCUT2D eigenvalue weighted by atomic mass is 9.91. The molecular weight excluding hydrogens is 451 g/mol. The highest BCUT2D eigenvalue weighted by Gasteiger charge is 2.32. The third-order valence-corrected chi connectivity index (χ3v) is 6.24. The van der Waals surface area contributed by atoms with E-state index in [1.54, 1.807) is 6.08 Å². The predicted octanol–water partition coefficient (Wildman–Crippen LogP) is 5.52. The third kappa shape index (κ3) is 6.20. The van der Waals surface area contributed by atoms with Gasteiger partial charge < -0.3 is 21.4 Å². The van der Waals surface area contributed by atoms with Crippen LogP contribution >= 0.6 is 0 Å². The van der Waals surface area contributed by atoms with Crippen molar-refractivity contribution in [2.75, 3.05) is 18.0 Å². The number of benzene rings is 2. The summed E-state index contributed by atoms with van der Waals surface area (Å²) in [6.45, 7) is 1.10. The summed E-state index contributed by atoms with van der Waals surface area (Å²) in [5.41, 5.74) is 8.55. The molecule has 5 nitrogen and oxygen atoms in total. The van der Waals surface area contributed by atoms with Crippen LogP contribution in [0.1, 0.15) is 35.6 Å². The van der Waals surface area contributed by atoms with Crippen LogP contribution in [0.5, 0.6) is 0 Å². The molecule has 0 radical (unpaired) electrons. The lowest BCUT2D eigenvalue weighted by Crippen LogP contribution is -2.36. The number of pyridine rings is 1. The molecule has 4 rings (SSSR count). The molecule has 0 spiro atoms. The van der Waals surface area contributed by atoms with E-state index >= 15 is 0 Å². The second-order valence-electron chi connectivity index (χ2n) is 8.64. The van der Waals surface area contributed by atoms with Gasteiger partial charge in [-0.25, -0.2) is 0 Å². The van der Waals surface area contributed by atoms with Crippen LogP contribution in [0.4, 0.5) is 18.9 Å². The van der Waals surface area contributed by atoms with Crippen molar-refractivity contribution in [3.8, 4) is 0 Å². The highest BCUT2D eigenvalue weighted by molar-refractivity contribution is 5.94. The van der Waals surface area contributed by atoms with Crippen molar-refractivity contribution < 1.29 is 13.2 Å². The van der Waals surface area contributed by atoms with E-state index < -0.39 is 11.7 Å². The smallest absolute Gasteiger partial charge is 0.385 e. The molecule has 3 aromatic rings. The Balaban J connectivity index is 1.40. The van der Waals surface area contributed by atoms with Gasteiger partial charge in [0.05, 0.1) is 29.3 Å². The average Bonchev–Trinajstić information content (AvgIpc) is 2.88. The van der Waals surface area contributed by atoms with E-state index in [4.69, 9.17) is 11.1 Å². The summed E-state index contributed by atoms with van der Waals surface area (Å²) in [7, 11) is 0. The SMILES string of the molecule is N=C(/C=C(/N)NC(c1ccccc1)c1ccccc1)C1CCN(c2cncc(C(F)(F)F)c2)CC1. The first kappa shape index (κ1) is 24.3. The number of rotatable bonds is 7. The zero-order valence-corrected chi connectivity index (χ0v) is 19.2. The van der Waals surface area contributed by atoms with Crippen molar-refractivity contribution in [3.05, 3.63) is 108 Å². The molecule has 1 fully saturated rings. The number of alkyl halides is 3. The van der Waals surface area contributed by atoms with Crippen molar-refractivity contribution in [1.82, 2.24) is 10.3 Å². The largest absolute Gasteiger partial charge is 0.417 e. The number of hydrogen-bond acceptors (Lipinski definition) is 5. The Bertz CT molecular complexity index is 1110. The molecular formula is C27H28F3N5. The summed E-state index contributed by atoms with van der Waals surface area (Å²) in [5, 5.41) is 11.9. The van der Waals surface area contributed by atoms with Crippen LogP contribution in [-0.4, -0.2) is 23.8 Å². The van der Waals surface area contributed by atoms with E-state index in [1.807, 2.05) is 65.6 Å². The first-order valence-electron chi connectivity index (χ1n) is 11.5. The number of nitrogens with one attached hydrogen (secondary N) is 2. The highest BCUT2D eigenvalue weighted by atomic mass is 19.4. The van der Waals surface area contributed by atoms with Gasteiger partial charge in [0.15, 0.2) is 0 Å². The maximum absolute atomic E-state index is 13.0. The standard InChI is InChI=1S/C27H28F3N5/c28-27(29,30)22-15-23(18-33-17-22)35-13-11-19(12-14-35)24(31)16-25(32)34-26(20-7-3-1-4-8-20)21-9-5-2-6-10-21/h1-10,15-19,26,31,34H,11-14,32H2/b25-16-,31-24?. The summed E-state index contributed by atoms with van der Waals surface area (Å²) in [4.78, 5) is 5.65. The maximum atomic E-state index is 13.0. The fourth-order valence-electron chi connectivity index (χ4n) is 4.35. The van der Waals surface area contributed by atoms with Crippen molar-refractivity contribution >= 4 is 11.4 Å². The zero-order chi connectivity index (χ0) is 24.8. The van der Waals surface area contributed by atoms with Gasteiger partial charge in [-0.15, -0.1) is 0 Å². The molecule has 0 aliphatic carbocycles. The summed E-state index contributed by atoms with van der Waals surface area (Å²) in [6, 6.07) is 20.9. The third-order valence-electron chi connectivity index (χ3n) is 6.24. The van der Waals surface area contributed by atoms with E-state index in [2.05, 4.69) is 10.3 Å². The van der Waals surface area contributed by atoms with E-state index in [1.165, 1.54) is 6.20 Å². The molecule has 1 aromatic heterocycles. The fourth-order valence-corrected chi connectivity index (χ4v) is 4.35. The van der Waals surface area contributed by atoms with E-state index in [9.17, 15) is 13.2 Å². The monoisotopic (exact) mass is 479 g/mol. The van der Waals surface area contributed by atoms with Crippen molar-refractivity contribution in [2.45, 2.75) is 25.1 Å². The predicted molar refractivity (Wildman–Crippen MR) is 132 cm³/mol. The number of halogens is 3. The molecule has 2 aromatic carbocycles. The number of piperidine rings is 1. The van der Waals surface area contributed by atoms with E-state index in [0.29, 0.717) is 43.2 Å². The van der Waals surface area contributed by atoms with E-state index in [-0.39, 0.29) is 12.0 Å². The van der Waals surface area contributed by atoms with Gasteiger partial charge in [-0.1, -0.05) is 60.7 Å². The Labute approximate surface area is 203 Å². The molecule has 2 heterocycles. The number of nitrogens with two attached hydrogens (primary N) is 1. The van der Waals surface area contributed by atoms with Gasteiger partial charge >= 0.3 is 6.18 Å². The molecule has 0 atom stereocenters.